The van der Waals surface area contributed by atoms with Gasteiger partial charge in [-0.25, -0.2) is 10.2 Å². The largest absolute Gasteiger partial charge is 0.507 e. The van der Waals surface area contributed by atoms with E-state index in [0.29, 0.717) is 0 Å². The molecule has 0 aliphatic rings. The van der Waals surface area contributed by atoms with Gasteiger partial charge in [-0.2, -0.15) is 5.10 Å². The van der Waals surface area contributed by atoms with Crippen molar-refractivity contribution in [3.8, 4) is 5.75 Å². The topological polar surface area (TPSA) is 70.9 Å². The van der Waals surface area contributed by atoms with Gasteiger partial charge in [0, 0.05) is 0 Å². The lowest BCUT2D eigenvalue weighted by atomic mass is 10.1. The van der Waals surface area contributed by atoms with E-state index in [4.69, 9.17) is 4.74 Å². The number of amides is 1. The van der Waals surface area contributed by atoms with Crippen LogP contribution >= 0.6 is 0 Å². The minimum absolute atomic E-state index is 0.275. The van der Waals surface area contributed by atoms with Gasteiger partial charge in [0.1, 0.15) is 11.4 Å². The van der Waals surface area contributed by atoms with Crippen molar-refractivity contribution >= 4 is 12.3 Å². The number of hydrogen-bond acceptors (Lipinski definition) is 4. The molecule has 0 aliphatic heterocycles. The summed E-state index contributed by atoms with van der Waals surface area (Å²) in [5.41, 5.74) is 4.06. The quantitative estimate of drug-likeness (QED) is 0.637. The van der Waals surface area contributed by atoms with Crippen LogP contribution in [0.4, 0.5) is 4.79 Å². The average molecular weight is 264 g/mol. The molecule has 1 rings (SSSR count). The third-order valence-corrected chi connectivity index (χ3v) is 2.28. The number of aromatic hydroxyl groups is 1. The van der Waals surface area contributed by atoms with Crippen molar-refractivity contribution in [3.05, 3.63) is 28.8 Å². The molecule has 0 saturated heterocycles. The average Bonchev–Trinajstić information content (AvgIpc) is 2.23. The predicted molar refractivity (Wildman–Crippen MR) is 74.5 cm³/mol. The Bertz CT molecular complexity index is 479. The highest BCUT2D eigenvalue weighted by Crippen LogP contribution is 2.21. The number of rotatable bonds is 2. The van der Waals surface area contributed by atoms with Crippen LogP contribution < -0.4 is 5.43 Å². The van der Waals surface area contributed by atoms with E-state index in [1.54, 1.807) is 46.8 Å². The molecule has 0 aliphatic carbocycles. The summed E-state index contributed by atoms with van der Waals surface area (Å²) < 4.78 is 5.04. The molecule has 19 heavy (non-hydrogen) atoms. The van der Waals surface area contributed by atoms with Crippen LogP contribution in [0.3, 0.4) is 0 Å². The molecule has 2 N–H and O–H groups in total. The van der Waals surface area contributed by atoms with Gasteiger partial charge in [-0.1, -0.05) is 0 Å². The van der Waals surface area contributed by atoms with Gasteiger partial charge in [0.05, 0.1) is 6.21 Å². The first-order valence-electron chi connectivity index (χ1n) is 6.01. The van der Waals surface area contributed by atoms with Gasteiger partial charge in [-0.05, 0) is 63.4 Å². The maximum Gasteiger partial charge on any atom is 0.428 e. The normalized spacial score (nSPS) is 11.6. The van der Waals surface area contributed by atoms with Crippen LogP contribution in [0.25, 0.3) is 0 Å². The van der Waals surface area contributed by atoms with Crippen LogP contribution in [-0.4, -0.2) is 23.0 Å². The number of nitrogens with one attached hydrogen (secondary N) is 1. The van der Waals surface area contributed by atoms with Crippen molar-refractivity contribution < 1.29 is 14.6 Å². The first kappa shape index (κ1) is 15.0. The molecule has 0 saturated carbocycles. The van der Waals surface area contributed by atoms with Crippen molar-refractivity contribution in [2.24, 2.45) is 5.10 Å². The number of aryl methyl sites for hydroxylation is 2. The Hall–Kier alpha value is -2.04. The van der Waals surface area contributed by atoms with Gasteiger partial charge in [0.15, 0.2) is 0 Å². The maximum atomic E-state index is 11.3. The van der Waals surface area contributed by atoms with Crippen molar-refractivity contribution in [2.45, 2.75) is 40.2 Å². The van der Waals surface area contributed by atoms with Gasteiger partial charge >= 0.3 is 6.09 Å². The Kier molecular flexibility index (Phi) is 4.53. The number of phenolic OH excluding ortho intramolecular Hbond substituents is 1. The van der Waals surface area contributed by atoms with Crippen LogP contribution in [0, 0.1) is 13.8 Å². The van der Waals surface area contributed by atoms with Gasteiger partial charge in [0.25, 0.3) is 0 Å². The third-order valence-electron chi connectivity index (χ3n) is 2.28. The number of hydrogen-bond donors (Lipinski definition) is 2. The van der Waals surface area contributed by atoms with E-state index in [-0.39, 0.29) is 5.75 Å². The molecule has 5 nitrogen and oxygen atoms in total. The number of ether oxygens (including phenoxy) is 1. The van der Waals surface area contributed by atoms with Crippen LogP contribution in [0.2, 0.25) is 0 Å². The summed E-state index contributed by atoms with van der Waals surface area (Å²) in [5, 5.41) is 13.4. The van der Waals surface area contributed by atoms with Crippen LogP contribution in [-0.2, 0) is 4.74 Å². The molecule has 0 aromatic heterocycles. The number of carbonyl (C=O) groups excluding carboxylic acids is 1. The fourth-order valence-corrected chi connectivity index (χ4v) is 1.52. The van der Waals surface area contributed by atoms with E-state index >= 15 is 0 Å². The van der Waals surface area contributed by atoms with E-state index in [1.165, 1.54) is 6.21 Å². The molecule has 104 valence electrons. The highest BCUT2D eigenvalue weighted by Gasteiger charge is 2.15. The van der Waals surface area contributed by atoms with Crippen LogP contribution in [0.5, 0.6) is 5.75 Å². The lowest BCUT2D eigenvalue weighted by molar-refractivity contribution is 0.0529. The number of carbonyl (C=O) groups is 1. The van der Waals surface area contributed by atoms with Crippen LogP contribution in [0.15, 0.2) is 17.2 Å². The van der Waals surface area contributed by atoms with Crippen molar-refractivity contribution in [3.63, 3.8) is 0 Å². The van der Waals surface area contributed by atoms with Crippen molar-refractivity contribution in [1.29, 1.82) is 0 Å². The minimum atomic E-state index is -0.601. The van der Waals surface area contributed by atoms with Crippen molar-refractivity contribution in [1.82, 2.24) is 5.43 Å². The number of benzene rings is 1. The predicted octanol–water partition coefficient (Wildman–Crippen LogP) is 2.87. The summed E-state index contributed by atoms with van der Waals surface area (Å²) in [6, 6.07) is 3.56. The second kappa shape index (κ2) is 5.73. The zero-order chi connectivity index (χ0) is 14.6. The summed E-state index contributed by atoms with van der Waals surface area (Å²) in [6.07, 6.45) is 0.902. The molecule has 1 aromatic carbocycles. The Morgan fingerprint density at radius 1 is 1.32 bits per heavy atom. The van der Waals surface area contributed by atoms with E-state index in [0.717, 1.165) is 16.7 Å². The second-order valence-electron chi connectivity index (χ2n) is 5.38. The molecule has 0 fully saturated rings. The maximum absolute atomic E-state index is 11.3. The molecule has 5 heteroatoms. The summed E-state index contributed by atoms with van der Waals surface area (Å²) in [4.78, 5) is 11.3. The van der Waals surface area contributed by atoms with Gasteiger partial charge < -0.3 is 9.84 Å². The zero-order valence-corrected chi connectivity index (χ0v) is 11.9. The molecule has 1 aromatic rings. The summed E-state index contributed by atoms with van der Waals surface area (Å²) in [5.74, 6) is 0.275. The summed E-state index contributed by atoms with van der Waals surface area (Å²) >= 11 is 0. The smallest absolute Gasteiger partial charge is 0.428 e. The molecule has 0 spiro atoms. The van der Waals surface area contributed by atoms with Gasteiger partial charge in [0.2, 0.25) is 0 Å². The molecule has 1 amide bonds. The SMILES string of the molecule is Cc1cc(/C=N/NC(=O)OC(C)(C)C)cc(C)c1O. The first-order valence-corrected chi connectivity index (χ1v) is 6.01. The monoisotopic (exact) mass is 264 g/mol. The molecule has 0 bridgehead atoms. The molecule has 0 atom stereocenters. The fraction of sp³-hybridized carbons (Fsp3) is 0.429. The molecular weight excluding hydrogens is 244 g/mol. The molecule has 0 radical (unpaired) electrons. The Balaban J connectivity index is 2.66. The Morgan fingerprint density at radius 3 is 2.32 bits per heavy atom. The second-order valence-corrected chi connectivity index (χ2v) is 5.38. The van der Waals surface area contributed by atoms with Crippen LogP contribution in [0.1, 0.15) is 37.5 Å². The minimum Gasteiger partial charge on any atom is -0.507 e. The summed E-state index contributed by atoms with van der Waals surface area (Å²) in [7, 11) is 0. The fourth-order valence-electron chi connectivity index (χ4n) is 1.52. The van der Waals surface area contributed by atoms with E-state index in [1.807, 2.05) is 0 Å². The molecule has 0 unspecified atom stereocenters. The number of nitrogens with zero attached hydrogens (tertiary/aromatic N) is 1. The number of phenols is 1. The lowest BCUT2D eigenvalue weighted by Crippen LogP contribution is -2.29. The first-order chi connectivity index (χ1) is 8.69. The van der Waals surface area contributed by atoms with E-state index in [9.17, 15) is 9.90 Å². The standard InChI is InChI=1S/C14H20N2O3/c1-9-6-11(7-10(2)12(9)17)8-15-16-13(18)19-14(3,4)5/h6-8,17H,1-5H3,(H,16,18)/b15-8+. The molecular formula is C14H20N2O3. The number of hydrazone groups is 1. The Morgan fingerprint density at radius 2 is 1.84 bits per heavy atom. The van der Waals surface area contributed by atoms with E-state index < -0.39 is 11.7 Å². The lowest BCUT2D eigenvalue weighted by Gasteiger charge is -2.18. The van der Waals surface area contributed by atoms with Crippen molar-refractivity contribution in [2.75, 3.05) is 0 Å². The Labute approximate surface area is 113 Å². The zero-order valence-electron chi connectivity index (χ0n) is 11.9. The van der Waals surface area contributed by atoms with E-state index in [2.05, 4.69) is 10.5 Å². The van der Waals surface area contributed by atoms with Gasteiger partial charge in [-0.15, -0.1) is 0 Å². The third kappa shape index (κ3) is 4.99. The highest BCUT2D eigenvalue weighted by atomic mass is 16.6. The van der Waals surface area contributed by atoms with Gasteiger partial charge in [-0.3, -0.25) is 0 Å². The molecule has 0 heterocycles. The summed E-state index contributed by atoms with van der Waals surface area (Å²) in [6.45, 7) is 8.96. The highest BCUT2D eigenvalue weighted by molar-refractivity contribution is 5.82.